The summed E-state index contributed by atoms with van der Waals surface area (Å²) >= 11 is 0.702. The van der Waals surface area contributed by atoms with E-state index in [-0.39, 0.29) is 18.0 Å². The van der Waals surface area contributed by atoms with Crippen LogP contribution in [0.3, 0.4) is 0 Å². The molecule has 0 bridgehead atoms. The van der Waals surface area contributed by atoms with Gasteiger partial charge in [0.25, 0.3) is 0 Å². The third-order valence-electron chi connectivity index (χ3n) is 4.50. The number of fused-ring (bicyclic) bond motifs is 1. The van der Waals surface area contributed by atoms with Crippen LogP contribution in [0.4, 0.5) is 13.2 Å². The largest absolute Gasteiger partial charge is 0.488 e. The molecule has 1 heterocycles. The Morgan fingerprint density at radius 2 is 1.74 bits per heavy atom. The van der Waals surface area contributed by atoms with E-state index in [9.17, 15) is 18.0 Å². The zero-order valence-electron chi connectivity index (χ0n) is 14.2. The monoisotopic (exact) mass is 388 g/mol. The van der Waals surface area contributed by atoms with Gasteiger partial charge in [-0.05, 0) is 41.8 Å². The molecule has 0 saturated carbocycles. The second kappa shape index (κ2) is 6.85. The number of aryl methyl sites for hydroxylation is 1. The standard InChI is InChI=1S/C21H15F3O2S/c22-21(23,24)20-18(13-4-2-1-3-5-13)11-16(27-20)12-26-15-7-8-17-14(10-15)6-9-19(17)25/h1-5,7-8,10-11H,6,9,12H2. The van der Waals surface area contributed by atoms with Crippen molar-refractivity contribution in [1.82, 2.24) is 0 Å². The second-order valence-electron chi connectivity index (χ2n) is 6.35. The molecule has 1 aliphatic rings. The summed E-state index contributed by atoms with van der Waals surface area (Å²) in [6.45, 7) is 0.0489. The van der Waals surface area contributed by atoms with Crippen LogP contribution >= 0.6 is 11.3 Å². The Kier molecular flexibility index (Phi) is 4.52. The van der Waals surface area contributed by atoms with Gasteiger partial charge in [-0.25, -0.2) is 0 Å². The van der Waals surface area contributed by atoms with E-state index in [1.807, 2.05) is 0 Å². The summed E-state index contributed by atoms with van der Waals surface area (Å²) in [7, 11) is 0. The van der Waals surface area contributed by atoms with E-state index >= 15 is 0 Å². The lowest BCUT2D eigenvalue weighted by atomic mass is 10.1. The first-order valence-electron chi connectivity index (χ1n) is 8.46. The number of ether oxygens (including phenoxy) is 1. The zero-order valence-corrected chi connectivity index (χ0v) is 15.0. The summed E-state index contributed by atoms with van der Waals surface area (Å²) < 4.78 is 46.0. The molecule has 4 rings (SSSR count). The average molecular weight is 388 g/mol. The molecule has 0 unspecified atom stereocenters. The van der Waals surface area contributed by atoms with Crippen LogP contribution in [-0.2, 0) is 19.2 Å². The number of benzene rings is 2. The van der Waals surface area contributed by atoms with Crippen LogP contribution in [0, 0.1) is 0 Å². The maximum Gasteiger partial charge on any atom is 0.426 e. The second-order valence-corrected chi connectivity index (χ2v) is 7.49. The van der Waals surface area contributed by atoms with Crippen molar-refractivity contribution in [3.63, 3.8) is 0 Å². The van der Waals surface area contributed by atoms with Gasteiger partial charge in [0.1, 0.15) is 17.2 Å². The predicted molar refractivity (Wildman–Crippen MR) is 98.2 cm³/mol. The van der Waals surface area contributed by atoms with Gasteiger partial charge in [0.15, 0.2) is 5.78 Å². The third-order valence-corrected chi connectivity index (χ3v) is 5.66. The minimum absolute atomic E-state index is 0.0489. The van der Waals surface area contributed by atoms with Crippen molar-refractivity contribution in [3.8, 4) is 16.9 Å². The number of rotatable bonds is 4. The molecule has 0 aliphatic heterocycles. The molecule has 1 aliphatic carbocycles. The van der Waals surface area contributed by atoms with Crippen LogP contribution in [0.5, 0.6) is 5.75 Å². The lowest BCUT2D eigenvalue weighted by Crippen LogP contribution is -2.03. The Balaban J connectivity index is 1.58. The maximum atomic E-state index is 13.4. The predicted octanol–water partition coefficient (Wildman–Crippen LogP) is 6.14. The quantitative estimate of drug-likeness (QED) is 0.536. The van der Waals surface area contributed by atoms with Gasteiger partial charge in [0, 0.05) is 22.4 Å². The minimum Gasteiger partial charge on any atom is -0.488 e. The number of thiophene rings is 1. The maximum absolute atomic E-state index is 13.4. The first-order valence-corrected chi connectivity index (χ1v) is 9.28. The van der Waals surface area contributed by atoms with E-state index in [0.717, 1.165) is 5.56 Å². The Morgan fingerprint density at radius 3 is 2.48 bits per heavy atom. The fraction of sp³-hybridized carbons (Fsp3) is 0.190. The smallest absolute Gasteiger partial charge is 0.426 e. The molecule has 27 heavy (non-hydrogen) atoms. The van der Waals surface area contributed by atoms with Crippen LogP contribution in [-0.4, -0.2) is 5.78 Å². The lowest BCUT2D eigenvalue weighted by Gasteiger charge is -2.07. The molecule has 0 spiro atoms. The van der Waals surface area contributed by atoms with Crippen LogP contribution < -0.4 is 4.74 Å². The molecule has 0 amide bonds. The van der Waals surface area contributed by atoms with Gasteiger partial charge in [-0.2, -0.15) is 13.2 Å². The van der Waals surface area contributed by atoms with Gasteiger partial charge >= 0.3 is 6.18 Å². The molecule has 0 fully saturated rings. The van der Waals surface area contributed by atoms with Gasteiger partial charge in [0.05, 0.1) is 0 Å². The minimum atomic E-state index is -4.41. The van der Waals surface area contributed by atoms with Crippen molar-refractivity contribution in [2.75, 3.05) is 0 Å². The van der Waals surface area contributed by atoms with Gasteiger partial charge in [-0.15, -0.1) is 11.3 Å². The molecular formula is C21H15F3O2S. The topological polar surface area (TPSA) is 26.3 Å². The highest BCUT2D eigenvalue weighted by atomic mass is 32.1. The van der Waals surface area contributed by atoms with E-state index in [1.165, 1.54) is 0 Å². The zero-order chi connectivity index (χ0) is 19.0. The molecule has 0 radical (unpaired) electrons. The van der Waals surface area contributed by atoms with Crippen molar-refractivity contribution >= 4 is 17.1 Å². The highest BCUT2D eigenvalue weighted by Gasteiger charge is 2.36. The van der Waals surface area contributed by atoms with Crippen LogP contribution in [0.2, 0.25) is 0 Å². The molecular weight excluding hydrogens is 373 g/mol. The normalized spacial score (nSPS) is 13.7. The number of hydrogen-bond acceptors (Lipinski definition) is 3. The molecule has 0 atom stereocenters. The number of halogens is 3. The Hall–Kier alpha value is -2.60. The third kappa shape index (κ3) is 3.62. The van der Waals surface area contributed by atoms with E-state index in [0.29, 0.717) is 45.9 Å². The van der Waals surface area contributed by atoms with E-state index in [2.05, 4.69) is 0 Å². The molecule has 3 aromatic rings. The Morgan fingerprint density at radius 1 is 0.963 bits per heavy atom. The van der Waals surface area contributed by atoms with E-state index in [4.69, 9.17) is 4.74 Å². The summed E-state index contributed by atoms with van der Waals surface area (Å²) in [4.78, 5) is 11.6. The van der Waals surface area contributed by atoms with Crippen molar-refractivity contribution in [1.29, 1.82) is 0 Å². The van der Waals surface area contributed by atoms with Gasteiger partial charge in [0.2, 0.25) is 0 Å². The fourth-order valence-electron chi connectivity index (χ4n) is 3.23. The SMILES string of the molecule is O=C1CCc2cc(OCc3cc(-c4ccccc4)c(C(F)(F)F)s3)ccc21. The summed E-state index contributed by atoms with van der Waals surface area (Å²) in [6.07, 6.45) is -3.23. The molecule has 1 aromatic heterocycles. The number of alkyl halides is 3. The van der Waals surface area contributed by atoms with Crippen molar-refractivity contribution < 1.29 is 22.7 Å². The number of carbonyl (C=O) groups excluding carboxylic acids is 1. The number of carbonyl (C=O) groups is 1. The van der Waals surface area contributed by atoms with E-state index < -0.39 is 11.1 Å². The average Bonchev–Trinajstić information content (AvgIpc) is 3.25. The Bertz CT molecular complexity index is 990. The van der Waals surface area contributed by atoms with Crippen LogP contribution in [0.25, 0.3) is 11.1 Å². The number of hydrogen-bond donors (Lipinski definition) is 0. The molecule has 2 aromatic carbocycles. The summed E-state index contributed by atoms with van der Waals surface area (Å²) in [5, 5.41) is 0. The lowest BCUT2D eigenvalue weighted by molar-refractivity contribution is -0.133. The summed E-state index contributed by atoms with van der Waals surface area (Å²) in [5.41, 5.74) is 2.35. The van der Waals surface area contributed by atoms with Crippen LogP contribution in [0.15, 0.2) is 54.6 Å². The van der Waals surface area contributed by atoms with Gasteiger partial charge in [-0.3, -0.25) is 4.79 Å². The molecule has 2 nitrogen and oxygen atoms in total. The van der Waals surface area contributed by atoms with Crippen molar-refractivity contribution in [3.05, 3.63) is 75.5 Å². The fourth-order valence-corrected chi connectivity index (χ4v) is 4.19. The number of ketones is 1. The summed E-state index contributed by atoms with van der Waals surface area (Å²) in [6, 6.07) is 15.3. The molecule has 0 saturated heterocycles. The summed E-state index contributed by atoms with van der Waals surface area (Å²) in [5.74, 6) is 0.684. The highest BCUT2D eigenvalue weighted by molar-refractivity contribution is 7.12. The van der Waals surface area contributed by atoms with Crippen LogP contribution in [0.1, 0.15) is 32.1 Å². The molecule has 6 heteroatoms. The molecule has 0 N–H and O–H groups in total. The molecule has 138 valence electrons. The Labute approximate surface area is 158 Å². The van der Waals surface area contributed by atoms with Gasteiger partial charge < -0.3 is 4.74 Å². The van der Waals surface area contributed by atoms with Gasteiger partial charge in [-0.1, -0.05) is 30.3 Å². The van der Waals surface area contributed by atoms with E-state index in [1.54, 1.807) is 54.6 Å². The first kappa shape index (κ1) is 17.8. The highest BCUT2D eigenvalue weighted by Crippen LogP contribution is 2.43. The van der Waals surface area contributed by atoms with Crippen molar-refractivity contribution in [2.24, 2.45) is 0 Å². The number of Topliss-reactive ketones (excluding diaryl/α,β-unsaturated/α-hetero) is 1. The first-order chi connectivity index (χ1) is 12.9. The van der Waals surface area contributed by atoms with Crippen molar-refractivity contribution in [2.45, 2.75) is 25.6 Å².